The number of hydrogen-bond acceptors (Lipinski definition) is 3. The molecule has 0 unspecified atom stereocenters. The van der Waals surface area contributed by atoms with E-state index in [1.807, 2.05) is 6.07 Å². The largest absolute Gasteiger partial charge is 0.380 e. The van der Waals surface area contributed by atoms with Crippen LogP contribution in [0, 0.1) is 0 Å². The first kappa shape index (κ1) is 11.1. The van der Waals surface area contributed by atoms with Crippen LogP contribution in [0.1, 0.15) is 24.0 Å². The van der Waals surface area contributed by atoms with Crippen LogP contribution in [0.5, 0.6) is 0 Å². The van der Waals surface area contributed by atoms with Crippen molar-refractivity contribution in [2.75, 3.05) is 13.7 Å². The average molecular weight is 218 g/mol. The number of nitrogens with zero attached hydrogens (tertiary/aromatic N) is 1. The van der Waals surface area contributed by atoms with Gasteiger partial charge in [-0.2, -0.15) is 0 Å². The predicted molar refractivity (Wildman–Crippen MR) is 65.5 cm³/mol. The minimum absolute atomic E-state index is 0.671. The van der Waals surface area contributed by atoms with Gasteiger partial charge in [0.25, 0.3) is 0 Å². The van der Waals surface area contributed by atoms with Gasteiger partial charge in [-0.05, 0) is 17.5 Å². The van der Waals surface area contributed by atoms with E-state index in [1.165, 1.54) is 17.5 Å². The molecule has 0 aromatic heterocycles. The third kappa shape index (κ3) is 2.83. The summed E-state index contributed by atoms with van der Waals surface area (Å²) in [6, 6.07) is 8.35. The Balaban J connectivity index is 1.97. The molecule has 16 heavy (non-hydrogen) atoms. The second kappa shape index (κ2) is 5.66. The van der Waals surface area contributed by atoms with Gasteiger partial charge >= 0.3 is 0 Å². The summed E-state index contributed by atoms with van der Waals surface area (Å²) in [6.07, 6.45) is 2.27. The molecule has 3 heteroatoms. The molecule has 1 N–H and O–H groups in total. The monoisotopic (exact) mass is 218 g/mol. The van der Waals surface area contributed by atoms with Crippen molar-refractivity contribution >= 4 is 5.84 Å². The summed E-state index contributed by atoms with van der Waals surface area (Å²) in [6.45, 7) is 2.49. The lowest BCUT2D eigenvalue weighted by molar-refractivity contribution is 0.184. The average Bonchev–Trinajstić information content (AvgIpc) is 2.81. The Hall–Kier alpha value is -1.35. The van der Waals surface area contributed by atoms with Gasteiger partial charge < -0.3 is 10.1 Å². The zero-order chi connectivity index (χ0) is 11.2. The number of rotatable bonds is 4. The molecule has 1 aliphatic heterocycles. The van der Waals surface area contributed by atoms with E-state index in [1.54, 1.807) is 7.11 Å². The SMILES string of the molecule is COCc1ccccc1CNC1=NCCC1. The maximum atomic E-state index is 5.18. The van der Waals surface area contributed by atoms with Crippen molar-refractivity contribution in [2.24, 2.45) is 4.99 Å². The summed E-state index contributed by atoms with van der Waals surface area (Å²) in [4.78, 5) is 4.40. The topological polar surface area (TPSA) is 33.6 Å². The second-order valence-electron chi connectivity index (χ2n) is 3.99. The van der Waals surface area contributed by atoms with Gasteiger partial charge in [0, 0.05) is 26.6 Å². The molecule has 0 aliphatic carbocycles. The molecule has 1 aromatic carbocycles. The van der Waals surface area contributed by atoms with Crippen molar-refractivity contribution in [3.63, 3.8) is 0 Å². The number of methoxy groups -OCH3 is 1. The predicted octanol–water partition coefficient (Wildman–Crippen LogP) is 2.11. The first-order valence-corrected chi connectivity index (χ1v) is 5.73. The zero-order valence-electron chi connectivity index (χ0n) is 9.70. The molecule has 0 atom stereocenters. The number of hydrogen-bond donors (Lipinski definition) is 1. The number of nitrogens with one attached hydrogen (secondary N) is 1. The number of ether oxygens (including phenoxy) is 1. The Bertz CT molecular complexity index is 374. The van der Waals surface area contributed by atoms with Crippen LogP contribution in [0.15, 0.2) is 29.3 Å². The van der Waals surface area contributed by atoms with Crippen LogP contribution >= 0.6 is 0 Å². The lowest BCUT2D eigenvalue weighted by Crippen LogP contribution is -2.21. The van der Waals surface area contributed by atoms with Crippen molar-refractivity contribution < 1.29 is 4.74 Å². The highest BCUT2D eigenvalue weighted by molar-refractivity contribution is 5.83. The van der Waals surface area contributed by atoms with Crippen LogP contribution in [-0.2, 0) is 17.9 Å². The fraction of sp³-hybridized carbons (Fsp3) is 0.462. The molecule has 0 spiro atoms. The van der Waals surface area contributed by atoms with Crippen molar-refractivity contribution in [1.82, 2.24) is 5.32 Å². The van der Waals surface area contributed by atoms with Gasteiger partial charge in [0.1, 0.15) is 0 Å². The zero-order valence-corrected chi connectivity index (χ0v) is 9.70. The maximum Gasteiger partial charge on any atom is 0.0966 e. The van der Waals surface area contributed by atoms with Crippen LogP contribution in [0.4, 0.5) is 0 Å². The van der Waals surface area contributed by atoms with Crippen LogP contribution in [0.3, 0.4) is 0 Å². The molecule has 0 fully saturated rings. The van der Waals surface area contributed by atoms with Gasteiger partial charge in [-0.3, -0.25) is 4.99 Å². The minimum atomic E-state index is 0.671. The highest BCUT2D eigenvalue weighted by Crippen LogP contribution is 2.10. The normalized spacial score (nSPS) is 14.9. The lowest BCUT2D eigenvalue weighted by atomic mass is 10.1. The van der Waals surface area contributed by atoms with Gasteiger partial charge in [-0.25, -0.2) is 0 Å². The molecular formula is C13H18N2O. The van der Waals surface area contributed by atoms with Crippen molar-refractivity contribution in [3.05, 3.63) is 35.4 Å². The minimum Gasteiger partial charge on any atom is -0.380 e. The van der Waals surface area contributed by atoms with Crippen LogP contribution in [0.2, 0.25) is 0 Å². The third-order valence-corrected chi connectivity index (χ3v) is 2.78. The molecule has 0 bridgehead atoms. The van der Waals surface area contributed by atoms with Crippen molar-refractivity contribution in [3.8, 4) is 0 Å². The Labute approximate surface area is 96.5 Å². The highest BCUT2D eigenvalue weighted by atomic mass is 16.5. The molecule has 3 nitrogen and oxygen atoms in total. The molecule has 0 saturated heterocycles. The van der Waals surface area contributed by atoms with E-state index < -0.39 is 0 Å². The Kier molecular flexibility index (Phi) is 3.94. The molecule has 86 valence electrons. The molecule has 1 aromatic rings. The van der Waals surface area contributed by atoms with Crippen molar-refractivity contribution in [1.29, 1.82) is 0 Å². The van der Waals surface area contributed by atoms with E-state index in [9.17, 15) is 0 Å². The maximum absolute atomic E-state index is 5.18. The third-order valence-electron chi connectivity index (χ3n) is 2.78. The number of amidine groups is 1. The molecule has 1 aliphatic rings. The van der Waals surface area contributed by atoms with Gasteiger partial charge in [-0.1, -0.05) is 24.3 Å². The first-order valence-electron chi connectivity index (χ1n) is 5.73. The Morgan fingerprint density at radius 3 is 2.81 bits per heavy atom. The smallest absolute Gasteiger partial charge is 0.0966 e. The van der Waals surface area contributed by atoms with Gasteiger partial charge in [0.05, 0.1) is 12.4 Å². The second-order valence-corrected chi connectivity index (χ2v) is 3.99. The number of benzene rings is 1. The summed E-state index contributed by atoms with van der Waals surface area (Å²) in [5.41, 5.74) is 2.54. The Morgan fingerprint density at radius 2 is 2.12 bits per heavy atom. The molecule has 0 amide bonds. The van der Waals surface area contributed by atoms with E-state index in [4.69, 9.17) is 4.74 Å². The number of aliphatic imine (C=N–C) groups is 1. The lowest BCUT2D eigenvalue weighted by Gasteiger charge is -2.10. The van der Waals surface area contributed by atoms with E-state index in [-0.39, 0.29) is 0 Å². The summed E-state index contributed by atoms with van der Waals surface area (Å²) in [7, 11) is 1.73. The highest BCUT2D eigenvalue weighted by Gasteiger charge is 2.06. The van der Waals surface area contributed by atoms with E-state index in [0.29, 0.717) is 6.61 Å². The van der Waals surface area contributed by atoms with E-state index >= 15 is 0 Å². The summed E-state index contributed by atoms with van der Waals surface area (Å²) < 4.78 is 5.18. The molecule has 2 rings (SSSR count). The molecule has 0 radical (unpaired) electrons. The quantitative estimate of drug-likeness (QED) is 0.839. The van der Waals surface area contributed by atoms with Gasteiger partial charge in [0.15, 0.2) is 0 Å². The molecule has 0 saturated carbocycles. The molecular weight excluding hydrogens is 200 g/mol. The summed E-state index contributed by atoms with van der Waals surface area (Å²) in [5.74, 6) is 1.15. The summed E-state index contributed by atoms with van der Waals surface area (Å²) >= 11 is 0. The first-order chi connectivity index (χ1) is 7.90. The Morgan fingerprint density at radius 1 is 1.31 bits per heavy atom. The fourth-order valence-electron chi connectivity index (χ4n) is 1.91. The fourth-order valence-corrected chi connectivity index (χ4v) is 1.91. The van der Waals surface area contributed by atoms with Gasteiger partial charge in [-0.15, -0.1) is 0 Å². The van der Waals surface area contributed by atoms with Crippen LogP contribution < -0.4 is 5.32 Å². The standard InChI is InChI=1S/C13H18N2O/c1-16-10-12-6-3-2-5-11(12)9-15-13-7-4-8-14-13/h2-3,5-6H,4,7-10H2,1H3,(H,14,15). The molecule has 1 heterocycles. The van der Waals surface area contributed by atoms with E-state index in [2.05, 4.69) is 28.5 Å². The van der Waals surface area contributed by atoms with Crippen LogP contribution in [-0.4, -0.2) is 19.5 Å². The summed E-state index contributed by atoms with van der Waals surface area (Å²) in [5, 5.41) is 3.39. The van der Waals surface area contributed by atoms with Crippen molar-refractivity contribution in [2.45, 2.75) is 26.0 Å². The van der Waals surface area contributed by atoms with Crippen LogP contribution in [0.25, 0.3) is 0 Å². The van der Waals surface area contributed by atoms with Gasteiger partial charge in [0.2, 0.25) is 0 Å². The van der Waals surface area contributed by atoms with E-state index in [0.717, 1.165) is 25.3 Å².